The quantitative estimate of drug-likeness (QED) is 0.210. The number of hydrogen-bond donors (Lipinski definition) is 0. The van der Waals surface area contributed by atoms with Gasteiger partial charge in [0.1, 0.15) is 26.4 Å². The molecule has 0 aliphatic rings. The Labute approximate surface area is 192 Å². The molecule has 0 spiro atoms. The third-order valence-electron chi connectivity index (χ3n) is 4.62. The fourth-order valence-corrected chi connectivity index (χ4v) is 3.13. The number of ether oxygens (including phenoxy) is 4. The van der Waals surface area contributed by atoms with Gasteiger partial charge in [-0.3, -0.25) is 0 Å². The summed E-state index contributed by atoms with van der Waals surface area (Å²) in [4.78, 5) is 0. The molecular weight excluding hydrogens is 400 g/mol. The molecule has 4 heteroatoms. The lowest BCUT2D eigenvalue weighted by molar-refractivity contribution is 0.308. The normalized spacial score (nSPS) is 10.1. The summed E-state index contributed by atoms with van der Waals surface area (Å²) in [6.45, 7) is 16.6. The van der Waals surface area contributed by atoms with E-state index in [9.17, 15) is 0 Å². The molecule has 0 saturated carbocycles. The van der Waals surface area contributed by atoms with Crippen molar-refractivity contribution < 1.29 is 18.9 Å². The predicted octanol–water partition coefficient (Wildman–Crippen LogP) is 6.51. The van der Waals surface area contributed by atoms with E-state index in [1.165, 1.54) is 11.1 Å². The zero-order valence-electron chi connectivity index (χ0n) is 18.9. The molecular formula is C28H34O4. The van der Waals surface area contributed by atoms with Crippen LogP contribution in [0.3, 0.4) is 0 Å². The Morgan fingerprint density at radius 1 is 0.500 bits per heavy atom. The van der Waals surface area contributed by atoms with Crippen LogP contribution >= 0.6 is 0 Å². The van der Waals surface area contributed by atoms with E-state index in [0.717, 1.165) is 48.7 Å². The maximum absolute atomic E-state index is 5.77. The van der Waals surface area contributed by atoms with Gasteiger partial charge in [0.15, 0.2) is 23.0 Å². The van der Waals surface area contributed by atoms with Crippen LogP contribution < -0.4 is 18.9 Å². The topological polar surface area (TPSA) is 36.9 Å². The van der Waals surface area contributed by atoms with Crippen LogP contribution in [0.15, 0.2) is 87.0 Å². The van der Waals surface area contributed by atoms with Gasteiger partial charge in [-0.2, -0.15) is 0 Å². The summed E-state index contributed by atoms with van der Waals surface area (Å²) in [7, 11) is 0. The second-order valence-electron chi connectivity index (χ2n) is 7.17. The minimum atomic E-state index is 0.441. The van der Waals surface area contributed by atoms with Crippen molar-refractivity contribution in [3.8, 4) is 23.0 Å². The van der Waals surface area contributed by atoms with Crippen LogP contribution in [0.5, 0.6) is 23.0 Å². The van der Waals surface area contributed by atoms with Crippen molar-refractivity contribution in [2.24, 2.45) is 0 Å². The Morgan fingerprint density at radius 3 is 1.19 bits per heavy atom. The largest absolute Gasteiger partial charge is 0.486 e. The molecule has 0 atom stereocenters. The van der Waals surface area contributed by atoms with Crippen LogP contribution in [-0.2, 0) is 12.8 Å². The Balaban J connectivity index is 1.94. The molecule has 0 aliphatic heterocycles. The van der Waals surface area contributed by atoms with Crippen molar-refractivity contribution in [3.05, 3.63) is 98.1 Å². The van der Waals surface area contributed by atoms with Gasteiger partial charge in [0, 0.05) is 0 Å². The van der Waals surface area contributed by atoms with Crippen LogP contribution in [0.2, 0.25) is 0 Å². The van der Waals surface area contributed by atoms with Gasteiger partial charge < -0.3 is 18.9 Å². The second-order valence-corrected chi connectivity index (χ2v) is 7.17. The molecule has 0 unspecified atom stereocenters. The SMILES string of the molecule is C=CCOc1ccc(CCCCc2ccc(OCC=C)c(OCC=C)c2)cc1OCC=C. The van der Waals surface area contributed by atoms with Gasteiger partial charge in [0.25, 0.3) is 0 Å². The fraction of sp³-hybridized carbons (Fsp3) is 0.286. The van der Waals surface area contributed by atoms with E-state index in [4.69, 9.17) is 18.9 Å². The zero-order chi connectivity index (χ0) is 23.0. The van der Waals surface area contributed by atoms with Crippen LogP contribution in [0, 0.1) is 0 Å². The smallest absolute Gasteiger partial charge is 0.161 e. The average Bonchev–Trinajstić information content (AvgIpc) is 2.82. The molecule has 0 N–H and O–H groups in total. The standard InChI is InChI=1S/C28H34O4/c1-5-17-29-25-15-13-23(21-27(25)31-19-7-3)11-9-10-12-24-14-16-26(30-18-6-2)28(22-24)32-20-8-4/h5-8,13-16,21-22H,1-4,9-12,17-20H2. The number of hydrogen-bond acceptors (Lipinski definition) is 4. The summed E-state index contributed by atoms with van der Waals surface area (Å²) in [6.07, 6.45) is 10.9. The fourth-order valence-electron chi connectivity index (χ4n) is 3.13. The van der Waals surface area contributed by atoms with Gasteiger partial charge in [-0.1, -0.05) is 62.8 Å². The summed E-state index contributed by atoms with van der Waals surface area (Å²) in [5.74, 6) is 2.93. The molecule has 2 aromatic carbocycles. The Hall–Kier alpha value is -3.40. The molecule has 0 fully saturated rings. The maximum Gasteiger partial charge on any atom is 0.161 e. The highest BCUT2D eigenvalue weighted by molar-refractivity contribution is 5.44. The van der Waals surface area contributed by atoms with E-state index in [0.29, 0.717) is 26.4 Å². The molecule has 0 aliphatic carbocycles. The van der Waals surface area contributed by atoms with Crippen LogP contribution in [0.1, 0.15) is 24.0 Å². The molecule has 0 radical (unpaired) electrons. The lowest BCUT2D eigenvalue weighted by Gasteiger charge is -2.13. The lowest BCUT2D eigenvalue weighted by Crippen LogP contribution is -2.01. The molecule has 0 bridgehead atoms. The molecule has 0 heterocycles. The number of rotatable bonds is 17. The van der Waals surface area contributed by atoms with E-state index < -0.39 is 0 Å². The van der Waals surface area contributed by atoms with Crippen molar-refractivity contribution in [1.82, 2.24) is 0 Å². The van der Waals surface area contributed by atoms with E-state index in [1.54, 1.807) is 24.3 Å². The third-order valence-corrected chi connectivity index (χ3v) is 4.62. The van der Waals surface area contributed by atoms with Gasteiger partial charge in [0.05, 0.1) is 0 Å². The summed E-state index contributed by atoms with van der Waals surface area (Å²) in [5, 5.41) is 0. The van der Waals surface area contributed by atoms with Gasteiger partial charge >= 0.3 is 0 Å². The average molecular weight is 435 g/mol. The Morgan fingerprint density at radius 2 is 0.844 bits per heavy atom. The van der Waals surface area contributed by atoms with Crippen molar-refractivity contribution >= 4 is 0 Å². The van der Waals surface area contributed by atoms with Crippen LogP contribution in [0.25, 0.3) is 0 Å². The van der Waals surface area contributed by atoms with E-state index >= 15 is 0 Å². The first kappa shape index (κ1) is 24.9. The van der Waals surface area contributed by atoms with Gasteiger partial charge in [0.2, 0.25) is 0 Å². The highest BCUT2D eigenvalue weighted by atomic mass is 16.5. The van der Waals surface area contributed by atoms with Gasteiger partial charge in [-0.25, -0.2) is 0 Å². The van der Waals surface area contributed by atoms with Crippen LogP contribution in [-0.4, -0.2) is 26.4 Å². The molecule has 0 saturated heterocycles. The molecule has 0 amide bonds. The van der Waals surface area contributed by atoms with E-state index in [1.807, 2.05) is 12.1 Å². The highest BCUT2D eigenvalue weighted by Crippen LogP contribution is 2.31. The van der Waals surface area contributed by atoms with Crippen molar-refractivity contribution in [3.63, 3.8) is 0 Å². The summed E-state index contributed by atoms with van der Waals surface area (Å²) < 4.78 is 22.9. The third kappa shape index (κ3) is 8.38. The first-order valence-electron chi connectivity index (χ1n) is 10.9. The molecule has 32 heavy (non-hydrogen) atoms. The minimum absolute atomic E-state index is 0.441. The molecule has 4 nitrogen and oxygen atoms in total. The summed E-state index contributed by atoms with van der Waals surface area (Å²) in [6, 6.07) is 12.2. The maximum atomic E-state index is 5.77. The summed E-state index contributed by atoms with van der Waals surface area (Å²) >= 11 is 0. The Bertz CT molecular complexity index is 811. The predicted molar refractivity (Wildman–Crippen MR) is 132 cm³/mol. The van der Waals surface area contributed by atoms with Gasteiger partial charge in [-0.05, 0) is 61.1 Å². The lowest BCUT2D eigenvalue weighted by atomic mass is 10.0. The second kappa shape index (κ2) is 14.6. The monoisotopic (exact) mass is 434 g/mol. The Kier molecular flexibility index (Phi) is 11.3. The number of benzene rings is 2. The number of aryl methyl sites for hydroxylation is 2. The molecule has 2 rings (SSSR count). The van der Waals surface area contributed by atoms with Crippen molar-refractivity contribution in [2.45, 2.75) is 25.7 Å². The minimum Gasteiger partial charge on any atom is -0.486 e. The van der Waals surface area contributed by atoms with Crippen LogP contribution in [0.4, 0.5) is 0 Å². The molecule has 170 valence electrons. The first-order chi connectivity index (χ1) is 15.7. The van der Waals surface area contributed by atoms with Gasteiger partial charge in [-0.15, -0.1) is 0 Å². The van der Waals surface area contributed by atoms with Crippen molar-refractivity contribution in [2.75, 3.05) is 26.4 Å². The molecule has 0 aromatic heterocycles. The van der Waals surface area contributed by atoms with E-state index in [-0.39, 0.29) is 0 Å². The first-order valence-corrected chi connectivity index (χ1v) is 10.9. The summed E-state index contributed by atoms with van der Waals surface area (Å²) in [5.41, 5.74) is 2.44. The highest BCUT2D eigenvalue weighted by Gasteiger charge is 2.08. The number of unbranched alkanes of at least 4 members (excludes halogenated alkanes) is 1. The van der Waals surface area contributed by atoms with E-state index in [2.05, 4.69) is 50.6 Å². The van der Waals surface area contributed by atoms with Crippen molar-refractivity contribution in [1.29, 1.82) is 0 Å². The zero-order valence-corrected chi connectivity index (χ0v) is 18.9. The molecule has 2 aromatic rings.